The SMILES string of the molecule is COc1ccccc1NC(=O)CCC(=O)N1CCC(c2ccccc2)=N1. The Balaban J connectivity index is 1.53. The van der Waals surface area contributed by atoms with Crippen LogP contribution in [0.4, 0.5) is 5.69 Å². The number of carbonyl (C=O) groups excluding carboxylic acids is 2. The minimum atomic E-state index is -0.227. The Labute approximate surface area is 152 Å². The molecule has 0 aliphatic carbocycles. The molecule has 6 nitrogen and oxygen atoms in total. The molecule has 134 valence electrons. The number of nitrogens with one attached hydrogen (secondary N) is 1. The van der Waals surface area contributed by atoms with E-state index in [9.17, 15) is 9.59 Å². The molecule has 0 radical (unpaired) electrons. The maximum absolute atomic E-state index is 12.3. The van der Waals surface area contributed by atoms with Crippen LogP contribution in [0.3, 0.4) is 0 Å². The summed E-state index contributed by atoms with van der Waals surface area (Å²) in [5.41, 5.74) is 2.52. The topological polar surface area (TPSA) is 71.0 Å². The number of hydrogen-bond donors (Lipinski definition) is 1. The lowest BCUT2D eigenvalue weighted by atomic mass is 10.1. The Hall–Kier alpha value is -3.15. The number of rotatable bonds is 6. The quantitative estimate of drug-likeness (QED) is 0.869. The first-order chi connectivity index (χ1) is 12.7. The monoisotopic (exact) mass is 351 g/mol. The maximum Gasteiger partial charge on any atom is 0.243 e. The van der Waals surface area contributed by atoms with Crippen LogP contribution in [0.2, 0.25) is 0 Å². The normalized spacial score (nSPS) is 13.3. The third-order valence-electron chi connectivity index (χ3n) is 4.14. The van der Waals surface area contributed by atoms with Gasteiger partial charge in [-0.25, -0.2) is 5.01 Å². The van der Waals surface area contributed by atoms with Crippen molar-refractivity contribution in [3.63, 3.8) is 0 Å². The summed E-state index contributed by atoms with van der Waals surface area (Å²) in [7, 11) is 1.55. The molecule has 2 aromatic carbocycles. The van der Waals surface area contributed by atoms with Gasteiger partial charge in [0.15, 0.2) is 0 Å². The van der Waals surface area contributed by atoms with Gasteiger partial charge in [-0.15, -0.1) is 0 Å². The third-order valence-corrected chi connectivity index (χ3v) is 4.14. The number of amides is 2. The van der Waals surface area contributed by atoms with Gasteiger partial charge in [0.05, 0.1) is 25.1 Å². The molecule has 1 aliphatic rings. The van der Waals surface area contributed by atoms with Crippen LogP contribution >= 0.6 is 0 Å². The Morgan fingerprint density at radius 3 is 2.58 bits per heavy atom. The van der Waals surface area contributed by atoms with Crippen LogP contribution in [0, 0.1) is 0 Å². The van der Waals surface area contributed by atoms with Crippen molar-refractivity contribution in [2.24, 2.45) is 5.10 Å². The van der Waals surface area contributed by atoms with Crippen molar-refractivity contribution in [3.8, 4) is 5.75 Å². The fraction of sp³-hybridized carbons (Fsp3) is 0.250. The highest BCUT2D eigenvalue weighted by molar-refractivity contribution is 6.02. The number of anilines is 1. The van der Waals surface area contributed by atoms with Gasteiger partial charge >= 0.3 is 0 Å². The van der Waals surface area contributed by atoms with E-state index in [1.54, 1.807) is 19.2 Å². The van der Waals surface area contributed by atoms with Crippen molar-refractivity contribution in [3.05, 3.63) is 60.2 Å². The predicted octanol–water partition coefficient (Wildman–Crippen LogP) is 3.05. The molecule has 0 unspecified atom stereocenters. The Morgan fingerprint density at radius 1 is 1.08 bits per heavy atom. The zero-order valence-electron chi connectivity index (χ0n) is 14.6. The summed E-state index contributed by atoms with van der Waals surface area (Å²) in [5.74, 6) is 0.212. The molecule has 0 saturated heterocycles. The smallest absolute Gasteiger partial charge is 0.243 e. The first kappa shape index (κ1) is 17.7. The van der Waals surface area contributed by atoms with Crippen LogP contribution in [0.15, 0.2) is 59.7 Å². The summed E-state index contributed by atoms with van der Waals surface area (Å²) in [6.45, 7) is 0.553. The summed E-state index contributed by atoms with van der Waals surface area (Å²) >= 11 is 0. The predicted molar refractivity (Wildman–Crippen MR) is 100 cm³/mol. The molecule has 0 spiro atoms. The fourth-order valence-electron chi connectivity index (χ4n) is 2.78. The van der Waals surface area contributed by atoms with Gasteiger partial charge in [-0.3, -0.25) is 9.59 Å². The van der Waals surface area contributed by atoms with Crippen molar-refractivity contribution in [2.45, 2.75) is 19.3 Å². The summed E-state index contributed by atoms with van der Waals surface area (Å²) < 4.78 is 5.20. The second-order valence-corrected chi connectivity index (χ2v) is 5.93. The highest BCUT2D eigenvalue weighted by Gasteiger charge is 2.22. The lowest BCUT2D eigenvalue weighted by Gasteiger charge is -2.12. The zero-order valence-corrected chi connectivity index (χ0v) is 14.6. The van der Waals surface area contributed by atoms with E-state index < -0.39 is 0 Å². The van der Waals surface area contributed by atoms with Gasteiger partial charge in [0.1, 0.15) is 5.75 Å². The third kappa shape index (κ3) is 4.27. The second-order valence-electron chi connectivity index (χ2n) is 5.93. The van der Waals surface area contributed by atoms with Crippen LogP contribution in [-0.2, 0) is 9.59 Å². The summed E-state index contributed by atoms with van der Waals surface area (Å²) in [4.78, 5) is 24.4. The fourth-order valence-corrected chi connectivity index (χ4v) is 2.78. The minimum absolute atomic E-state index is 0.101. The molecule has 3 rings (SSSR count). The molecule has 0 saturated carbocycles. The second kappa shape index (κ2) is 8.29. The number of nitrogens with zero attached hydrogens (tertiary/aromatic N) is 2. The maximum atomic E-state index is 12.3. The first-order valence-corrected chi connectivity index (χ1v) is 8.53. The Morgan fingerprint density at radius 2 is 1.81 bits per heavy atom. The van der Waals surface area contributed by atoms with Crippen LogP contribution < -0.4 is 10.1 Å². The number of ether oxygens (including phenoxy) is 1. The van der Waals surface area contributed by atoms with E-state index in [-0.39, 0.29) is 24.7 Å². The van der Waals surface area contributed by atoms with Gasteiger partial charge in [-0.1, -0.05) is 42.5 Å². The van der Waals surface area contributed by atoms with Crippen LogP contribution in [0.1, 0.15) is 24.8 Å². The average Bonchev–Trinajstić information content (AvgIpc) is 3.17. The van der Waals surface area contributed by atoms with Crippen molar-refractivity contribution < 1.29 is 14.3 Å². The van der Waals surface area contributed by atoms with Crippen molar-refractivity contribution in [1.82, 2.24) is 5.01 Å². The molecule has 2 aromatic rings. The minimum Gasteiger partial charge on any atom is -0.495 e. The highest BCUT2D eigenvalue weighted by Crippen LogP contribution is 2.23. The molecule has 1 heterocycles. The van der Waals surface area contributed by atoms with Gasteiger partial charge in [0, 0.05) is 19.3 Å². The molecule has 2 amide bonds. The number of methoxy groups -OCH3 is 1. The van der Waals surface area contributed by atoms with E-state index in [0.29, 0.717) is 18.0 Å². The molecule has 0 bridgehead atoms. The molecular weight excluding hydrogens is 330 g/mol. The van der Waals surface area contributed by atoms with E-state index in [1.165, 1.54) is 5.01 Å². The van der Waals surface area contributed by atoms with E-state index in [0.717, 1.165) is 17.7 Å². The number of hydrogen-bond acceptors (Lipinski definition) is 4. The van der Waals surface area contributed by atoms with Crippen LogP contribution in [-0.4, -0.2) is 36.2 Å². The van der Waals surface area contributed by atoms with E-state index in [4.69, 9.17) is 4.74 Å². The number of benzene rings is 2. The molecule has 0 fully saturated rings. The average molecular weight is 351 g/mol. The molecule has 0 atom stereocenters. The van der Waals surface area contributed by atoms with Gasteiger partial charge in [0.25, 0.3) is 0 Å². The molecular formula is C20H21N3O3. The van der Waals surface area contributed by atoms with Gasteiger partial charge in [0.2, 0.25) is 11.8 Å². The van der Waals surface area contributed by atoms with Gasteiger partial charge in [-0.05, 0) is 17.7 Å². The van der Waals surface area contributed by atoms with Gasteiger partial charge in [-0.2, -0.15) is 5.10 Å². The highest BCUT2D eigenvalue weighted by atomic mass is 16.5. The first-order valence-electron chi connectivity index (χ1n) is 8.53. The number of carbonyl (C=O) groups is 2. The molecule has 1 N–H and O–H groups in total. The molecule has 1 aliphatic heterocycles. The summed E-state index contributed by atoms with van der Waals surface area (Å²) in [6.07, 6.45) is 0.944. The lowest BCUT2D eigenvalue weighted by molar-refractivity contribution is -0.132. The molecule has 6 heteroatoms. The Bertz CT molecular complexity index is 818. The van der Waals surface area contributed by atoms with E-state index >= 15 is 0 Å². The molecule has 26 heavy (non-hydrogen) atoms. The zero-order chi connectivity index (χ0) is 18.4. The number of hydrazone groups is 1. The number of para-hydroxylation sites is 2. The standard InChI is InChI=1S/C20H21N3O3/c1-26-18-10-6-5-9-17(18)21-19(24)11-12-20(25)23-14-13-16(22-23)15-7-3-2-4-8-15/h2-10H,11-14H2,1H3,(H,21,24). The van der Waals surface area contributed by atoms with Crippen molar-refractivity contribution in [1.29, 1.82) is 0 Å². The molecule has 0 aromatic heterocycles. The van der Waals surface area contributed by atoms with Crippen LogP contribution in [0.25, 0.3) is 0 Å². The Kier molecular flexibility index (Phi) is 5.63. The summed E-state index contributed by atoms with van der Waals surface area (Å²) in [6, 6.07) is 17.0. The van der Waals surface area contributed by atoms with Crippen molar-refractivity contribution in [2.75, 3.05) is 19.0 Å². The van der Waals surface area contributed by atoms with E-state index in [2.05, 4.69) is 10.4 Å². The lowest BCUT2D eigenvalue weighted by Crippen LogP contribution is -2.25. The van der Waals surface area contributed by atoms with Crippen LogP contribution in [0.5, 0.6) is 5.75 Å². The largest absolute Gasteiger partial charge is 0.495 e. The van der Waals surface area contributed by atoms with Gasteiger partial charge < -0.3 is 10.1 Å². The van der Waals surface area contributed by atoms with E-state index in [1.807, 2.05) is 42.5 Å². The van der Waals surface area contributed by atoms with Crippen molar-refractivity contribution >= 4 is 23.2 Å². The summed E-state index contributed by atoms with van der Waals surface area (Å²) in [5, 5.41) is 8.62.